The number of hydrogen-bond acceptors (Lipinski definition) is 5. The van der Waals surface area contributed by atoms with Crippen LogP contribution < -0.4 is 10.6 Å². The van der Waals surface area contributed by atoms with E-state index in [0.717, 1.165) is 11.1 Å². The lowest BCUT2D eigenvalue weighted by Gasteiger charge is -2.22. The fourth-order valence-electron chi connectivity index (χ4n) is 3.58. The molecule has 3 aromatic rings. The number of allylic oxidation sites excluding steroid dienone is 1. The maximum absolute atomic E-state index is 13.2. The van der Waals surface area contributed by atoms with E-state index >= 15 is 0 Å². The molecule has 0 spiro atoms. The maximum Gasteiger partial charge on any atom is 0.408 e. The van der Waals surface area contributed by atoms with Crippen molar-refractivity contribution in [1.29, 1.82) is 0 Å². The number of carbonyl (C=O) groups is 2. The molecular formula is C29H32N2O5S. The second-order valence-electron chi connectivity index (χ2n) is 8.90. The summed E-state index contributed by atoms with van der Waals surface area (Å²) < 4.78 is 30.9. The van der Waals surface area contributed by atoms with Crippen LogP contribution in [0.25, 0.3) is 0 Å². The average molecular weight is 521 g/mol. The van der Waals surface area contributed by atoms with Crippen molar-refractivity contribution in [3.8, 4) is 0 Å². The minimum atomic E-state index is -3.59. The molecule has 1 atom stereocenters. The Kier molecular flexibility index (Phi) is 10.0. The number of rotatable bonds is 11. The summed E-state index contributed by atoms with van der Waals surface area (Å²) in [6.45, 7) is 3.69. The molecule has 0 radical (unpaired) electrons. The molecule has 0 aromatic heterocycles. The fourth-order valence-corrected chi connectivity index (χ4v) is 4.77. The third-order valence-corrected chi connectivity index (χ3v) is 7.20. The lowest BCUT2D eigenvalue weighted by Crippen LogP contribution is -2.49. The Labute approximate surface area is 218 Å². The first kappa shape index (κ1) is 27.7. The Morgan fingerprint density at radius 3 is 1.95 bits per heavy atom. The number of ether oxygens (including phenoxy) is 1. The molecule has 3 aromatic carbocycles. The molecule has 7 nitrogen and oxygen atoms in total. The monoisotopic (exact) mass is 520 g/mol. The van der Waals surface area contributed by atoms with Crippen LogP contribution in [-0.4, -0.2) is 32.2 Å². The summed E-state index contributed by atoms with van der Waals surface area (Å²) in [5.74, 6) is -0.973. The van der Waals surface area contributed by atoms with Crippen LogP contribution in [0.2, 0.25) is 0 Å². The standard InChI is InChI=1S/C29H32N2O5S/c1-22(2)27(31-29(33)36-21-24-14-8-4-9-15-24)28(32)30-25(20-23-12-6-3-7-13-23)18-19-37(34,35)26-16-10-5-11-17-26/h3-18,22,27H,19-21H2,1-2H3,(H,30,32)(H,31,33)/t27-/m0/s1. The number of alkyl carbamates (subject to hydrolysis) is 1. The molecule has 0 aliphatic heterocycles. The van der Waals surface area contributed by atoms with E-state index in [1.807, 2.05) is 74.5 Å². The number of hydrogen-bond donors (Lipinski definition) is 2. The third kappa shape index (κ3) is 8.91. The van der Waals surface area contributed by atoms with Crippen LogP contribution in [0.4, 0.5) is 4.79 Å². The second kappa shape index (κ2) is 13.4. The van der Waals surface area contributed by atoms with E-state index in [-0.39, 0.29) is 23.2 Å². The summed E-state index contributed by atoms with van der Waals surface area (Å²) in [6.07, 6.45) is 1.12. The molecule has 2 N–H and O–H groups in total. The smallest absolute Gasteiger partial charge is 0.408 e. The molecule has 0 heterocycles. The van der Waals surface area contributed by atoms with Crippen molar-refractivity contribution in [3.63, 3.8) is 0 Å². The second-order valence-corrected chi connectivity index (χ2v) is 10.9. The minimum Gasteiger partial charge on any atom is -0.445 e. The summed E-state index contributed by atoms with van der Waals surface area (Å²) in [6, 6.07) is 25.9. The van der Waals surface area contributed by atoms with Crippen LogP contribution >= 0.6 is 0 Å². The van der Waals surface area contributed by atoms with Crippen molar-refractivity contribution in [1.82, 2.24) is 10.6 Å². The van der Waals surface area contributed by atoms with E-state index in [1.165, 1.54) is 6.08 Å². The topological polar surface area (TPSA) is 102 Å². The van der Waals surface area contributed by atoms with Crippen molar-refractivity contribution < 1.29 is 22.7 Å². The lowest BCUT2D eigenvalue weighted by molar-refractivity contribution is -0.123. The molecule has 0 saturated heterocycles. The lowest BCUT2D eigenvalue weighted by atomic mass is 10.0. The Morgan fingerprint density at radius 2 is 1.38 bits per heavy atom. The van der Waals surface area contributed by atoms with Gasteiger partial charge in [-0.15, -0.1) is 0 Å². The summed E-state index contributed by atoms with van der Waals surface area (Å²) in [5, 5.41) is 5.47. The maximum atomic E-state index is 13.2. The van der Waals surface area contributed by atoms with Gasteiger partial charge in [0.1, 0.15) is 12.6 Å². The summed E-state index contributed by atoms with van der Waals surface area (Å²) >= 11 is 0. The third-order valence-electron chi connectivity index (χ3n) is 5.61. The van der Waals surface area contributed by atoms with Gasteiger partial charge in [-0.3, -0.25) is 4.79 Å². The quantitative estimate of drug-likeness (QED) is 0.383. The molecule has 194 valence electrons. The Balaban J connectivity index is 1.72. The van der Waals surface area contributed by atoms with E-state index in [0.29, 0.717) is 12.1 Å². The predicted octanol–water partition coefficient (Wildman–Crippen LogP) is 4.65. The number of benzene rings is 3. The van der Waals surface area contributed by atoms with E-state index in [4.69, 9.17) is 4.74 Å². The van der Waals surface area contributed by atoms with Crippen molar-refractivity contribution in [2.75, 3.05) is 5.75 Å². The van der Waals surface area contributed by atoms with Crippen molar-refractivity contribution in [2.24, 2.45) is 5.92 Å². The summed E-state index contributed by atoms with van der Waals surface area (Å²) in [4.78, 5) is 25.8. The zero-order valence-electron chi connectivity index (χ0n) is 21.0. The predicted molar refractivity (Wildman–Crippen MR) is 143 cm³/mol. The zero-order valence-corrected chi connectivity index (χ0v) is 21.8. The van der Waals surface area contributed by atoms with Crippen LogP contribution in [0, 0.1) is 5.92 Å². The van der Waals surface area contributed by atoms with Crippen LogP contribution in [-0.2, 0) is 32.4 Å². The van der Waals surface area contributed by atoms with Crippen LogP contribution in [0.3, 0.4) is 0 Å². The van der Waals surface area contributed by atoms with Crippen molar-refractivity contribution in [3.05, 3.63) is 114 Å². The van der Waals surface area contributed by atoms with Gasteiger partial charge in [0.25, 0.3) is 0 Å². The summed E-state index contributed by atoms with van der Waals surface area (Å²) in [7, 11) is -3.59. The number of nitrogens with one attached hydrogen (secondary N) is 2. The Morgan fingerprint density at radius 1 is 0.838 bits per heavy atom. The van der Waals surface area contributed by atoms with E-state index in [1.54, 1.807) is 30.3 Å². The molecule has 0 aliphatic carbocycles. The average Bonchev–Trinajstić information content (AvgIpc) is 2.90. The molecule has 8 heteroatoms. The van der Waals surface area contributed by atoms with Gasteiger partial charge < -0.3 is 15.4 Å². The first-order valence-corrected chi connectivity index (χ1v) is 13.7. The molecule has 0 aliphatic rings. The SMILES string of the molecule is CC(C)[C@H](NC(=O)OCc1ccccc1)C(=O)NC(=CCS(=O)(=O)c1ccccc1)Cc1ccccc1. The molecular weight excluding hydrogens is 488 g/mol. The number of carbonyl (C=O) groups excluding carboxylic acids is 2. The van der Waals surface area contributed by atoms with Gasteiger partial charge in [-0.1, -0.05) is 92.7 Å². The molecule has 37 heavy (non-hydrogen) atoms. The van der Waals surface area contributed by atoms with Gasteiger partial charge in [0, 0.05) is 12.1 Å². The van der Waals surface area contributed by atoms with E-state index in [2.05, 4.69) is 10.6 Å². The first-order chi connectivity index (χ1) is 17.7. The van der Waals surface area contributed by atoms with Crippen LogP contribution in [0.15, 0.2) is 108 Å². The molecule has 3 rings (SSSR count). The normalized spacial score (nSPS) is 12.6. The van der Waals surface area contributed by atoms with Gasteiger partial charge in [0.05, 0.1) is 10.6 Å². The van der Waals surface area contributed by atoms with E-state index < -0.39 is 27.9 Å². The molecule has 0 fully saturated rings. The highest BCUT2D eigenvalue weighted by Crippen LogP contribution is 2.13. The van der Waals surface area contributed by atoms with Gasteiger partial charge in [0.15, 0.2) is 9.84 Å². The van der Waals surface area contributed by atoms with Crippen LogP contribution in [0.1, 0.15) is 25.0 Å². The zero-order chi connectivity index (χ0) is 26.7. The Hall–Kier alpha value is -3.91. The van der Waals surface area contributed by atoms with E-state index in [9.17, 15) is 18.0 Å². The summed E-state index contributed by atoms with van der Waals surface area (Å²) in [5.41, 5.74) is 2.17. The van der Waals surface area contributed by atoms with Crippen LogP contribution in [0.5, 0.6) is 0 Å². The highest BCUT2D eigenvalue weighted by atomic mass is 32.2. The van der Waals surface area contributed by atoms with Gasteiger partial charge in [0.2, 0.25) is 5.91 Å². The molecule has 0 unspecified atom stereocenters. The number of sulfone groups is 1. The molecule has 0 saturated carbocycles. The molecule has 0 bridgehead atoms. The van der Waals surface area contributed by atoms with Gasteiger partial charge in [-0.2, -0.15) is 0 Å². The minimum absolute atomic E-state index is 0.0790. The van der Waals surface area contributed by atoms with Crippen molar-refractivity contribution in [2.45, 2.75) is 37.8 Å². The molecule has 2 amide bonds. The van der Waals surface area contributed by atoms with Gasteiger partial charge in [-0.05, 0) is 35.3 Å². The fraction of sp³-hybridized carbons (Fsp3) is 0.241. The highest BCUT2D eigenvalue weighted by molar-refractivity contribution is 7.91. The Bertz CT molecular complexity index is 1290. The van der Waals surface area contributed by atoms with Crippen molar-refractivity contribution >= 4 is 21.8 Å². The largest absolute Gasteiger partial charge is 0.445 e. The van der Waals surface area contributed by atoms with Gasteiger partial charge >= 0.3 is 6.09 Å². The van der Waals surface area contributed by atoms with Gasteiger partial charge in [-0.25, -0.2) is 13.2 Å². The first-order valence-electron chi connectivity index (χ1n) is 12.0. The number of amides is 2. The highest BCUT2D eigenvalue weighted by Gasteiger charge is 2.26.